The first kappa shape index (κ1) is 16.6. The summed E-state index contributed by atoms with van der Waals surface area (Å²) in [6, 6.07) is 13.5. The molecular formula is C18H16IrN5-. The third-order valence-corrected chi connectivity index (χ3v) is 4.13. The molecule has 0 unspecified atom stereocenters. The van der Waals surface area contributed by atoms with Gasteiger partial charge in [-0.1, -0.05) is 18.2 Å². The largest absolute Gasteiger partial charge is 0.352 e. The van der Waals surface area contributed by atoms with Crippen molar-refractivity contribution in [2.24, 2.45) is 7.05 Å². The molecule has 0 bridgehead atoms. The first-order valence-corrected chi connectivity index (χ1v) is 7.45. The van der Waals surface area contributed by atoms with E-state index in [0.29, 0.717) is 0 Å². The molecule has 0 aliphatic carbocycles. The molecule has 1 radical (unpaired) electrons. The Morgan fingerprint density at radius 2 is 1.83 bits per heavy atom. The van der Waals surface area contributed by atoms with Crippen LogP contribution in [0.25, 0.3) is 28.1 Å². The number of nitrogens with zero attached hydrogens (tertiary/aromatic N) is 5. The molecule has 5 nitrogen and oxygen atoms in total. The molecule has 0 saturated carbocycles. The SMILES string of the molecule is Cc1cccc(C)c1-n1cnnc1-c1[c-]cc2ncn(C)c2c1.[Ir]. The van der Waals surface area contributed by atoms with Crippen LogP contribution >= 0.6 is 0 Å². The molecule has 0 N–H and O–H groups in total. The van der Waals surface area contributed by atoms with Crippen molar-refractivity contribution in [3.8, 4) is 17.1 Å². The van der Waals surface area contributed by atoms with Crippen LogP contribution in [0.5, 0.6) is 0 Å². The number of aromatic nitrogens is 5. The molecule has 0 amide bonds. The van der Waals surface area contributed by atoms with Crippen molar-refractivity contribution in [3.05, 3.63) is 60.2 Å². The molecule has 2 aromatic heterocycles. The maximum absolute atomic E-state index is 4.34. The molecule has 0 aliphatic rings. The van der Waals surface area contributed by atoms with Gasteiger partial charge in [0.05, 0.1) is 12.2 Å². The standard InChI is InChI=1S/C18H16N5.Ir/c1-12-5-4-6-13(2)17(12)23-11-20-21-18(23)14-7-8-15-16(9-14)22(3)10-19-15;/h4-6,8-11H,1-3H3;/q-1;. The van der Waals surface area contributed by atoms with Gasteiger partial charge in [0.25, 0.3) is 0 Å². The second-order valence-electron chi connectivity index (χ2n) is 5.74. The molecule has 4 rings (SSSR count). The number of para-hydroxylation sites is 1. The van der Waals surface area contributed by atoms with Crippen LogP contribution in [-0.2, 0) is 27.2 Å². The van der Waals surface area contributed by atoms with E-state index in [2.05, 4.69) is 59.4 Å². The van der Waals surface area contributed by atoms with E-state index in [-0.39, 0.29) is 20.1 Å². The molecule has 0 saturated heterocycles. The Morgan fingerprint density at radius 1 is 1.08 bits per heavy atom. The van der Waals surface area contributed by atoms with Gasteiger partial charge in [-0.3, -0.25) is 4.98 Å². The molecular weight excluding hydrogens is 478 g/mol. The van der Waals surface area contributed by atoms with Gasteiger partial charge in [0.2, 0.25) is 0 Å². The molecule has 0 atom stereocenters. The van der Waals surface area contributed by atoms with E-state index in [1.54, 1.807) is 12.7 Å². The Hall–Kier alpha value is -2.30. The van der Waals surface area contributed by atoms with Gasteiger partial charge in [-0.15, -0.1) is 28.9 Å². The fourth-order valence-electron chi connectivity index (χ4n) is 2.97. The fourth-order valence-corrected chi connectivity index (χ4v) is 2.97. The summed E-state index contributed by atoms with van der Waals surface area (Å²) >= 11 is 0. The van der Waals surface area contributed by atoms with Crippen molar-refractivity contribution in [2.45, 2.75) is 13.8 Å². The smallest absolute Gasteiger partial charge is 0.114 e. The predicted octanol–water partition coefficient (Wildman–Crippen LogP) is 3.24. The van der Waals surface area contributed by atoms with Crippen molar-refractivity contribution in [3.63, 3.8) is 0 Å². The second kappa shape index (κ2) is 6.30. The van der Waals surface area contributed by atoms with Gasteiger partial charge < -0.3 is 9.13 Å². The van der Waals surface area contributed by atoms with Gasteiger partial charge in [-0.05, 0) is 30.5 Å². The van der Waals surface area contributed by atoms with E-state index in [1.165, 1.54) is 11.1 Å². The zero-order valence-corrected chi connectivity index (χ0v) is 16.0. The van der Waals surface area contributed by atoms with Gasteiger partial charge >= 0.3 is 0 Å². The van der Waals surface area contributed by atoms with Gasteiger partial charge in [0, 0.05) is 38.4 Å². The van der Waals surface area contributed by atoms with E-state index >= 15 is 0 Å². The van der Waals surface area contributed by atoms with Crippen LogP contribution in [0.3, 0.4) is 0 Å². The van der Waals surface area contributed by atoms with Gasteiger partial charge in [0.1, 0.15) is 6.33 Å². The number of benzene rings is 2. The molecule has 24 heavy (non-hydrogen) atoms. The quantitative estimate of drug-likeness (QED) is 0.402. The molecule has 2 aromatic carbocycles. The van der Waals surface area contributed by atoms with Crippen molar-refractivity contribution in [2.75, 3.05) is 0 Å². The van der Waals surface area contributed by atoms with Crippen molar-refractivity contribution in [1.82, 2.24) is 24.3 Å². The summed E-state index contributed by atoms with van der Waals surface area (Å²) in [6.07, 6.45) is 3.56. The van der Waals surface area contributed by atoms with E-state index in [0.717, 1.165) is 28.1 Å². The summed E-state index contributed by atoms with van der Waals surface area (Å²) in [7, 11) is 1.98. The Balaban J connectivity index is 0.00000169. The summed E-state index contributed by atoms with van der Waals surface area (Å²) in [4.78, 5) is 4.34. The van der Waals surface area contributed by atoms with E-state index in [1.807, 2.05) is 22.2 Å². The molecule has 6 heteroatoms. The molecule has 0 aliphatic heterocycles. The topological polar surface area (TPSA) is 48.5 Å². The summed E-state index contributed by atoms with van der Waals surface area (Å²) in [6.45, 7) is 4.19. The third-order valence-electron chi connectivity index (χ3n) is 4.13. The number of imidazole rings is 1. The van der Waals surface area contributed by atoms with Crippen LogP contribution in [0, 0.1) is 19.9 Å². The fraction of sp³-hybridized carbons (Fsp3) is 0.167. The number of hydrogen-bond donors (Lipinski definition) is 0. The first-order chi connectivity index (χ1) is 11.1. The number of fused-ring (bicyclic) bond motifs is 1. The molecule has 123 valence electrons. The zero-order valence-electron chi connectivity index (χ0n) is 13.6. The minimum Gasteiger partial charge on any atom is -0.352 e. The average Bonchev–Trinajstić information content (AvgIpc) is 3.15. The van der Waals surface area contributed by atoms with Gasteiger partial charge in [0.15, 0.2) is 0 Å². The molecule has 0 fully saturated rings. The monoisotopic (exact) mass is 495 g/mol. The average molecular weight is 495 g/mol. The van der Waals surface area contributed by atoms with Gasteiger partial charge in [-0.25, -0.2) is 0 Å². The van der Waals surface area contributed by atoms with Crippen LogP contribution in [0.15, 0.2) is 43.0 Å². The minimum atomic E-state index is 0. The van der Waals surface area contributed by atoms with E-state index in [4.69, 9.17) is 0 Å². The number of rotatable bonds is 2. The van der Waals surface area contributed by atoms with E-state index in [9.17, 15) is 0 Å². The molecule has 4 aromatic rings. The summed E-state index contributed by atoms with van der Waals surface area (Å²) in [5.41, 5.74) is 6.37. The van der Waals surface area contributed by atoms with Crippen LogP contribution in [0.4, 0.5) is 0 Å². The Labute approximate surface area is 153 Å². The maximum Gasteiger partial charge on any atom is 0.114 e. The molecule has 0 spiro atoms. The van der Waals surface area contributed by atoms with Crippen LogP contribution < -0.4 is 0 Å². The summed E-state index contributed by atoms with van der Waals surface area (Å²) in [5, 5.41) is 8.44. The number of aryl methyl sites for hydroxylation is 3. The van der Waals surface area contributed by atoms with Crippen LogP contribution in [0.2, 0.25) is 0 Å². The summed E-state index contributed by atoms with van der Waals surface area (Å²) < 4.78 is 4.02. The predicted molar refractivity (Wildman–Crippen MR) is 89.4 cm³/mol. The van der Waals surface area contributed by atoms with Gasteiger partial charge in [-0.2, -0.15) is 5.10 Å². The van der Waals surface area contributed by atoms with Crippen LogP contribution in [-0.4, -0.2) is 24.3 Å². The van der Waals surface area contributed by atoms with Crippen molar-refractivity contribution in [1.29, 1.82) is 0 Å². The zero-order chi connectivity index (χ0) is 16.0. The minimum absolute atomic E-state index is 0. The third kappa shape index (κ3) is 2.58. The maximum atomic E-state index is 4.34. The number of hydrogen-bond acceptors (Lipinski definition) is 3. The van der Waals surface area contributed by atoms with Crippen molar-refractivity contribution >= 4 is 11.0 Å². The van der Waals surface area contributed by atoms with E-state index < -0.39 is 0 Å². The Morgan fingerprint density at radius 3 is 2.58 bits per heavy atom. The normalized spacial score (nSPS) is 10.8. The molecule has 2 heterocycles. The first-order valence-electron chi connectivity index (χ1n) is 7.45. The Kier molecular flexibility index (Phi) is 4.35. The summed E-state index contributed by atoms with van der Waals surface area (Å²) in [5.74, 6) is 0.783. The van der Waals surface area contributed by atoms with Crippen molar-refractivity contribution < 1.29 is 20.1 Å². The van der Waals surface area contributed by atoms with Crippen LogP contribution in [0.1, 0.15) is 11.1 Å². The Bertz CT molecular complexity index is 995. The second-order valence-corrected chi connectivity index (χ2v) is 5.74.